The quantitative estimate of drug-likeness (QED) is 0.341. The summed E-state index contributed by atoms with van der Waals surface area (Å²) in [4.78, 5) is 0. The Morgan fingerprint density at radius 3 is 0.963 bits per heavy atom. The minimum absolute atomic E-state index is 0. The van der Waals surface area contributed by atoms with Gasteiger partial charge in [0.05, 0.1) is 0 Å². The van der Waals surface area contributed by atoms with E-state index in [2.05, 4.69) is 0 Å². The summed E-state index contributed by atoms with van der Waals surface area (Å²) < 4.78 is 30.2. The van der Waals surface area contributed by atoms with Gasteiger partial charge >= 0.3 is 7.82 Å². The van der Waals surface area contributed by atoms with Crippen molar-refractivity contribution in [2.45, 2.75) is 20.8 Å². The first-order chi connectivity index (χ1) is 12.4. The molecule has 0 spiro atoms. The molecule has 0 heterocycles. The Hall–Kier alpha value is -2.19. The van der Waals surface area contributed by atoms with Crippen LogP contribution in [0.4, 0.5) is 0 Å². The second-order valence-corrected chi connectivity index (χ2v) is 7.60. The minimum Gasteiger partial charge on any atom is -0.386 e. The van der Waals surface area contributed by atoms with Gasteiger partial charge in [-0.3, -0.25) is 0 Å². The zero-order valence-corrected chi connectivity index (χ0v) is 17.1. The zero-order chi connectivity index (χ0) is 18.6. The fourth-order valence-corrected chi connectivity index (χ4v) is 3.49. The molecule has 145 valence electrons. The summed E-state index contributed by atoms with van der Waals surface area (Å²) in [5, 5.41) is 0. The van der Waals surface area contributed by atoms with E-state index < -0.39 is 7.82 Å². The van der Waals surface area contributed by atoms with Crippen molar-refractivity contribution in [2.24, 2.45) is 0 Å². The van der Waals surface area contributed by atoms with Gasteiger partial charge in [0.2, 0.25) is 0 Å². The van der Waals surface area contributed by atoms with Crippen molar-refractivity contribution in [1.82, 2.24) is 0 Å². The maximum absolute atomic E-state index is 13.3. The van der Waals surface area contributed by atoms with Crippen molar-refractivity contribution in [3.05, 3.63) is 89.5 Å². The first-order valence-electron chi connectivity index (χ1n) is 8.31. The number of benzene rings is 3. The molecule has 0 aromatic heterocycles. The first kappa shape index (κ1) is 21.1. The third-order valence-electron chi connectivity index (χ3n) is 3.71. The van der Waals surface area contributed by atoms with Crippen LogP contribution in [0.5, 0.6) is 17.2 Å². The summed E-state index contributed by atoms with van der Waals surface area (Å²) in [6.45, 7) is 5.90. The molecule has 0 N–H and O–H groups in total. The molecular formula is C21H21CuO4P. The van der Waals surface area contributed by atoms with Crippen molar-refractivity contribution in [1.29, 1.82) is 0 Å². The number of phosphoric ester groups is 1. The van der Waals surface area contributed by atoms with E-state index in [9.17, 15) is 4.57 Å². The monoisotopic (exact) mass is 431 g/mol. The molecule has 0 saturated carbocycles. The maximum Gasteiger partial charge on any atom is 0.647 e. The molecule has 0 aliphatic rings. The molecular weight excluding hydrogens is 411 g/mol. The Morgan fingerprint density at radius 1 is 0.519 bits per heavy atom. The predicted molar refractivity (Wildman–Crippen MR) is 103 cm³/mol. The fourth-order valence-electron chi connectivity index (χ4n) is 2.24. The summed E-state index contributed by atoms with van der Waals surface area (Å²) in [7, 11) is -3.93. The standard InChI is InChI=1S/C21H21O4P.Cu/c1-16-4-10-19(11-5-16)23-26(22,24-20-12-6-17(2)7-13-20)25-21-14-8-18(3)9-15-21;/h4-15H,1-3H3;. The maximum atomic E-state index is 13.3. The minimum atomic E-state index is -3.93. The Kier molecular flexibility index (Phi) is 7.15. The third-order valence-corrected chi connectivity index (χ3v) is 5.02. The molecule has 0 bridgehead atoms. The summed E-state index contributed by atoms with van der Waals surface area (Å²) in [5.41, 5.74) is 3.23. The van der Waals surface area contributed by atoms with E-state index in [1.807, 2.05) is 57.2 Å². The summed E-state index contributed by atoms with van der Waals surface area (Å²) in [6, 6.07) is 21.6. The molecule has 6 heteroatoms. The van der Waals surface area contributed by atoms with Crippen LogP contribution in [0.1, 0.15) is 16.7 Å². The average Bonchev–Trinajstić information content (AvgIpc) is 2.61. The molecule has 27 heavy (non-hydrogen) atoms. The average molecular weight is 432 g/mol. The largest absolute Gasteiger partial charge is 0.647 e. The van der Waals surface area contributed by atoms with Crippen LogP contribution in [-0.4, -0.2) is 0 Å². The zero-order valence-electron chi connectivity index (χ0n) is 15.3. The fraction of sp³-hybridized carbons (Fsp3) is 0.143. The molecule has 3 aromatic rings. The smallest absolute Gasteiger partial charge is 0.386 e. The van der Waals surface area contributed by atoms with Crippen LogP contribution in [-0.2, 0) is 21.6 Å². The van der Waals surface area contributed by atoms with Gasteiger partial charge in [0.15, 0.2) is 0 Å². The number of hydrogen-bond donors (Lipinski definition) is 0. The molecule has 3 rings (SSSR count). The van der Waals surface area contributed by atoms with Gasteiger partial charge in [0.25, 0.3) is 0 Å². The van der Waals surface area contributed by atoms with Gasteiger partial charge in [0, 0.05) is 17.1 Å². The van der Waals surface area contributed by atoms with E-state index in [4.69, 9.17) is 13.6 Å². The molecule has 0 fully saturated rings. The Labute approximate surface area is 170 Å². The van der Waals surface area contributed by atoms with Crippen LogP contribution < -0.4 is 13.6 Å². The van der Waals surface area contributed by atoms with Crippen LogP contribution in [0.2, 0.25) is 0 Å². The van der Waals surface area contributed by atoms with Crippen molar-refractivity contribution >= 4 is 7.82 Å². The molecule has 3 aromatic carbocycles. The van der Waals surface area contributed by atoms with Gasteiger partial charge < -0.3 is 13.6 Å². The van der Waals surface area contributed by atoms with Crippen molar-refractivity contribution < 1.29 is 35.2 Å². The van der Waals surface area contributed by atoms with E-state index in [1.165, 1.54) is 0 Å². The van der Waals surface area contributed by atoms with Crippen LogP contribution in [0.15, 0.2) is 72.8 Å². The van der Waals surface area contributed by atoms with Gasteiger partial charge in [-0.1, -0.05) is 53.1 Å². The number of rotatable bonds is 6. The molecule has 0 aliphatic heterocycles. The van der Waals surface area contributed by atoms with E-state index in [-0.39, 0.29) is 17.1 Å². The molecule has 1 radical (unpaired) electrons. The molecule has 0 amide bonds. The first-order valence-corrected chi connectivity index (χ1v) is 9.77. The number of aryl methyl sites for hydroxylation is 3. The summed E-state index contributed by atoms with van der Waals surface area (Å²) >= 11 is 0. The van der Waals surface area contributed by atoms with Crippen molar-refractivity contribution in [2.75, 3.05) is 0 Å². The third kappa shape index (κ3) is 6.18. The van der Waals surface area contributed by atoms with Gasteiger partial charge in [-0.05, 0) is 57.2 Å². The van der Waals surface area contributed by atoms with Gasteiger partial charge in [0.1, 0.15) is 17.2 Å². The van der Waals surface area contributed by atoms with Crippen molar-refractivity contribution in [3.8, 4) is 17.2 Å². The van der Waals surface area contributed by atoms with E-state index >= 15 is 0 Å². The molecule has 0 saturated heterocycles. The van der Waals surface area contributed by atoms with E-state index in [0.29, 0.717) is 17.2 Å². The summed E-state index contributed by atoms with van der Waals surface area (Å²) in [6.07, 6.45) is 0. The van der Waals surface area contributed by atoms with Crippen LogP contribution in [0.25, 0.3) is 0 Å². The SMILES string of the molecule is Cc1ccc(OP(=O)(Oc2ccc(C)cc2)Oc2ccc(C)cc2)cc1.[Cu]. The molecule has 0 atom stereocenters. The Balaban J connectivity index is 0.00000261. The molecule has 4 nitrogen and oxygen atoms in total. The van der Waals surface area contributed by atoms with Gasteiger partial charge in [-0.15, -0.1) is 0 Å². The summed E-state index contributed by atoms with van der Waals surface area (Å²) in [5.74, 6) is 1.24. The number of phosphoric acid groups is 1. The Morgan fingerprint density at radius 2 is 0.741 bits per heavy atom. The number of hydrogen-bond acceptors (Lipinski definition) is 4. The second kappa shape index (κ2) is 9.14. The van der Waals surface area contributed by atoms with Crippen LogP contribution in [0, 0.1) is 20.8 Å². The van der Waals surface area contributed by atoms with E-state index in [0.717, 1.165) is 16.7 Å². The van der Waals surface area contributed by atoms with Crippen LogP contribution >= 0.6 is 7.82 Å². The molecule has 0 unspecified atom stereocenters. The van der Waals surface area contributed by atoms with Crippen molar-refractivity contribution in [3.63, 3.8) is 0 Å². The van der Waals surface area contributed by atoms with Gasteiger partial charge in [-0.25, -0.2) is 0 Å². The predicted octanol–water partition coefficient (Wildman–Crippen LogP) is 6.25. The second-order valence-electron chi connectivity index (χ2n) is 6.16. The normalized spacial score (nSPS) is 10.6. The van der Waals surface area contributed by atoms with E-state index in [1.54, 1.807) is 36.4 Å². The molecule has 0 aliphatic carbocycles. The van der Waals surface area contributed by atoms with Gasteiger partial charge in [-0.2, -0.15) is 4.57 Å². The van der Waals surface area contributed by atoms with Crippen LogP contribution in [0.3, 0.4) is 0 Å². The Bertz CT molecular complexity index is 784. The topological polar surface area (TPSA) is 44.8 Å².